The number of carbonyl (C=O) groups is 2. The van der Waals surface area contributed by atoms with Crippen molar-refractivity contribution in [2.45, 2.75) is 26.4 Å². The second-order valence-corrected chi connectivity index (χ2v) is 7.48. The molecule has 0 saturated carbocycles. The molecule has 8 heteroatoms. The minimum atomic E-state index is -0.692. The van der Waals surface area contributed by atoms with Crippen LogP contribution in [0.1, 0.15) is 18.1 Å². The summed E-state index contributed by atoms with van der Waals surface area (Å²) < 4.78 is 5.60. The third-order valence-electron chi connectivity index (χ3n) is 4.24. The minimum absolute atomic E-state index is 0.188. The second-order valence-electron chi connectivity index (χ2n) is 6.26. The molecule has 0 saturated heterocycles. The zero-order chi connectivity index (χ0) is 20.8. The number of benzene rings is 2. The first-order valence-corrected chi connectivity index (χ1v) is 9.70. The summed E-state index contributed by atoms with van der Waals surface area (Å²) in [6.07, 6.45) is 0. The summed E-state index contributed by atoms with van der Waals surface area (Å²) in [5, 5.41) is 3.98. The van der Waals surface area contributed by atoms with Gasteiger partial charge in [-0.15, -0.1) is 0 Å². The monoisotopic (exact) mass is 442 g/mol. The molecule has 0 fully saturated rings. The maximum atomic E-state index is 12.8. The summed E-state index contributed by atoms with van der Waals surface area (Å²) in [5.41, 5.74) is 1.60. The molecule has 5 nitrogen and oxygen atoms in total. The lowest BCUT2D eigenvalue weighted by molar-refractivity contribution is -0.142. The lowest BCUT2D eigenvalue weighted by Gasteiger charge is -2.28. The summed E-state index contributed by atoms with van der Waals surface area (Å²) >= 11 is 18.0. The number of halogens is 3. The molecular weight excluding hydrogens is 423 g/mol. The number of amides is 2. The number of nitrogens with one attached hydrogen (secondary N) is 1. The molecule has 150 valence electrons. The zero-order valence-electron chi connectivity index (χ0n) is 15.8. The Hall–Kier alpha value is -1.95. The largest absolute Gasteiger partial charge is 0.484 e. The second kappa shape index (κ2) is 10.0. The molecule has 0 aromatic heterocycles. The number of ether oxygens (including phenoxy) is 1. The maximum Gasteiger partial charge on any atom is 0.261 e. The first-order chi connectivity index (χ1) is 13.2. The molecule has 2 amide bonds. The van der Waals surface area contributed by atoms with Gasteiger partial charge in [0.1, 0.15) is 11.8 Å². The standard InChI is InChI=1S/C20H21Cl3N2O3/c1-12-8-15(5-7-16(12)21)28-11-19(26)25(13(2)20(27)24-3)10-14-4-6-17(22)18(23)9-14/h4-9,13H,10-11H2,1-3H3,(H,24,27)/t13-/m1/s1. The van der Waals surface area contributed by atoms with Crippen molar-refractivity contribution in [1.29, 1.82) is 0 Å². The Morgan fingerprint density at radius 3 is 2.36 bits per heavy atom. The fraction of sp³-hybridized carbons (Fsp3) is 0.300. The normalized spacial score (nSPS) is 11.6. The quantitative estimate of drug-likeness (QED) is 0.685. The van der Waals surface area contributed by atoms with E-state index in [0.717, 1.165) is 11.1 Å². The average molecular weight is 444 g/mol. The summed E-state index contributed by atoms with van der Waals surface area (Å²) in [6.45, 7) is 3.47. The van der Waals surface area contributed by atoms with Crippen LogP contribution in [0.5, 0.6) is 5.75 Å². The van der Waals surface area contributed by atoms with Crippen molar-refractivity contribution < 1.29 is 14.3 Å². The number of nitrogens with zero attached hydrogens (tertiary/aromatic N) is 1. The van der Waals surface area contributed by atoms with E-state index in [1.165, 1.54) is 11.9 Å². The average Bonchev–Trinajstić information content (AvgIpc) is 2.68. The highest BCUT2D eigenvalue weighted by Crippen LogP contribution is 2.24. The summed E-state index contributed by atoms with van der Waals surface area (Å²) in [5.74, 6) is -0.0946. The van der Waals surface area contributed by atoms with E-state index >= 15 is 0 Å². The van der Waals surface area contributed by atoms with Gasteiger partial charge in [0.05, 0.1) is 10.0 Å². The molecule has 0 heterocycles. The Kier molecular flexibility index (Phi) is 7.98. The third kappa shape index (κ3) is 5.77. The van der Waals surface area contributed by atoms with Crippen molar-refractivity contribution in [3.8, 4) is 5.75 Å². The highest BCUT2D eigenvalue weighted by atomic mass is 35.5. The number of likely N-dealkylation sites (N-methyl/N-ethyl adjacent to an activating group) is 1. The molecule has 0 aliphatic heterocycles. The van der Waals surface area contributed by atoms with Gasteiger partial charge in [0.15, 0.2) is 6.61 Å². The van der Waals surface area contributed by atoms with Crippen molar-refractivity contribution in [1.82, 2.24) is 10.2 Å². The van der Waals surface area contributed by atoms with Gasteiger partial charge in [0.25, 0.3) is 5.91 Å². The van der Waals surface area contributed by atoms with Gasteiger partial charge in [-0.3, -0.25) is 9.59 Å². The van der Waals surface area contributed by atoms with Crippen LogP contribution in [0.25, 0.3) is 0 Å². The Morgan fingerprint density at radius 1 is 1.07 bits per heavy atom. The zero-order valence-corrected chi connectivity index (χ0v) is 18.0. The molecule has 2 aromatic carbocycles. The smallest absolute Gasteiger partial charge is 0.261 e. The van der Waals surface area contributed by atoms with Crippen LogP contribution in [0.3, 0.4) is 0 Å². The molecule has 0 radical (unpaired) electrons. The van der Waals surface area contributed by atoms with Crippen LogP contribution >= 0.6 is 34.8 Å². The van der Waals surface area contributed by atoms with Crippen LogP contribution < -0.4 is 10.1 Å². The molecule has 28 heavy (non-hydrogen) atoms. The van der Waals surface area contributed by atoms with E-state index < -0.39 is 6.04 Å². The van der Waals surface area contributed by atoms with Crippen molar-refractivity contribution >= 4 is 46.6 Å². The SMILES string of the molecule is CNC(=O)[C@@H](C)N(Cc1ccc(Cl)c(Cl)c1)C(=O)COc1ccc(Cl)c(C)c1. The van der Waals surface area contributed by atoms with E-state index in [1.807, 2.05) is 6.92 Å². The van der Waals surface area contributed by atoms with E-state index in [1.54, 1.807) is 43.3 Å². The maximum absolute atomic E-state index is 12.8. The predicted octanol–water partition coefficient (Wildman–Crippen LogP) is 4.50. The first-order valence-electron chi connectivity index (χ1n) is 8.57. The van der Waals surface area contributed by atoms with Gasteiger partial charge < -0.3 is 15.0 Å². The highest BCUT2D eigenvalue weighted by Gasteiger charge is 2.26. The Bertz CT molecular complexity index is 874. The molecule has 0 aliphatic rings. The topological polar surface area (TPSA) is 58.6 Å². The number of carbonyl (C=O) groups excluding carboxylic acids is 2. The molecule has 2 rings (SSSR count). The summed E-state index contributed by atoms with van der Waals surface area (Å²) in [6, 6.07) is 9.53. The summed E-state index contributed by atoms with van der Waals surface area (Å²) in [4.78, 5) is 26.4. The molecular formula is C20H21Cl3N2O3. The highest BCUT2D eigenvalue weighted by molar-refractivity contribution is 6.42. The summed E-state index contributed by atoms with van der Waals surface area (Å²) in [7, 11) is 1.52. The van der Waals surface area contributed by atoms with E-state index in [0.29, 0.717) is 20.8 Å². The van der Waals surface area contributed by atoms with Crippen LogP contribution in [-0.2, 0) is 16.1 Å². The van der Waals surface area contributed by atoms with E-state index in [9.17, 15) is 9.59 Å². The Balaban J connectivity index is 2.16. The van der Waals surface area contributed by atoms with Crippen LogP contribution in [0.2, 0.25) is 15.1 Å². The van der Waals surface area contributed by atoms with Gasteiger partial charge in [-0.05, 0) is 55.3 Å². The van der Waals surface area contributed by atoms with Gasteiger partial charge in [-0.25, -0.2) is 0 Å². The lowest BCUT2D eigenvalue weighted by Crippen LogP contribution is -2.48. The lowest BCUT2D eigenvalue weighted by atomic mass is 10.1. The molecule has 0 unspecified atom stereocenters. The minimum Gasteiger partial charge on any atom is -0.484 e. The first kappa shape index (κ1) is 22.3. The Morgan fingerprint density at radius 2 is 1.75 bits per heavy atom. The van der Waals surface area contributed by atoms with Crippen molar-refractivity contribution in [2.24, 2.45) is 0 Å². The van der Waals surface area contributed by atoms with Gasteiger partial charge >= 0.3 is 0 Å². The molecule has 0 bridgehead atoms. The molecule has 0 aliphatic carbocycles. The fourth-order valence-electron chi connectivity index (χ4n) is 2.56. The molecule has 2 aromatic rings. The fourth-order valence-corrected chi connectivity index (χ4v) is 3.00. The van der Waals surface area contributed by atoms with Crippen molar-refractivity contribution in [2.75, 3.05) is 13.7 Å². The van der Waals surface area contributed by atoms with Crippen molar-refractivity contribution in [3.05, 3.63) is 62.6 Å². The van der Waals surface area contributed by atoms with Crippen LogP contribution in [0, 0.1) is 6.92 Å². The molecule has 1 N–H and O–H groups in total. The Labute approximate surface area is 179 Å². The molecule has 1 atom stereocenters. The number of hydrogen-bond acceptors (Lipinski definition) is 3. The van der Waals surface area contributed by atoms with Gasteiger partial charge in [0, 0.05) is 18.6 Å². The van der Waals surface area contributed by atoms with Crippen LogP contribution in [0.4, 0.5) is 0 Å². The van der Waals surface area contributed by atoms with E-state index in [4.69, 9.17) is 39.5 Å². The molecule has 0 spiro atoms. The number of rotatable bonds is 7. The third-order valence-corrected chi connectivity index (χ3v) is 5.41. The van der Waals surface area contributed by atoms with Gasteiger partial charge in [-0.1, -0.05) is 40.9 Å². The van der Waals surface area contributed by atoms with Crippen LogP contribution in [0.15, 0.2) is 36.4 Å². The van der Waals surface area contributed by atoms with E-state index in [-0.39, 0.29) is 25.0 Å². The predicted molar refractivity (Wildman–Crippen MR) is 112 cm³/mol. The van der Waals surface area contributed by atoms with Crippen LogP contribution in [-0.4, -0.2) is 36.4 Å². The number of hydrogen-bond donors (Lipinski definition) is 1. The number of aryl methyl sites for hydroxylation is 1. The van der Waals surface area contributed by atoms with E-state index in [2.05, 4.69) is 5.32 Å². The van der Waals surface area contributed by atoms with Gasteiger partial charge in [0.2, 0.25) is 5.91 Å². The van der Waals surface area contributed by atoms with Crippen molar-refractivity contribution in [3.63, 3.8) is 0 Å². The van der Waals surface area contributed by atoms with Gasteiger partial charge in [-0.2, -0.15) is 0 Å².